The summed E-state index contributed by atoms with van der Waals surface area (Å²) in [6.07, 6.45) is -0.606. The molecular weight excluding hydrogens is 312 g/mol. The molecule has 1 aliphatic rings. The normalized spacial score (nSPS) is 21.0. The lowest BCUT2D eigenvalue weighted by atomic mass is 10.1. The monoisotopic (exact) mass is 338 g/mol. The van der Waals surface area contributed by atoms with Crippen molar-refractivity contribution in [3.05, 3.63) is 29.3 Å². The van der Waals surface area contributed by atoms with Crippen molar-refractivity contribution < 1.29 is 24.5 Å². The van der Waals surface area contributed by atoms with Gasteiger partial charge in [-0.1, -0.05) is 6.07 Å². The molecule has 0 bridgehead atoms. The molecule has 1 aromatic rings. The molecule has 0 saturated carbocycles. The number of aliphatic hydroxyl groups is 2. The van der Waals surface area contributed by atoms with Gasteiger partial charge in [0.1, 0.15) is 12.4 Å². The Labute approximate surface area is 142 Å². The number of carbonyl (C=O) groups is 1. The average molecular weight is 338 g/mol. The van der Waals surface area contributed by atoms with Crippen molar-refractivity contribution in [3.63, 3.8) is 0 Å². The van der Waals surface area contributed by atoms with E-state index in [0.717, 1.165) is 11.1 Å². The molecule has 2 rings (SSSR count). The number of likely N-dealkylation sites (tertiary alicyclic amines) is 1. The summed E-state index contributed by atoms with van der Waals surface area (Å²) in [6.45, 7) is 4.04. The second kappa shape index (κ2) is 8.98. The van der Waals surface area contributed by atoms with Crippen LogP contribution in [0.3, 0.4) is 0 Å². The Morgan fingerprint density at radius 1 is 1.42 bits per heavy atom. The van der Waals surface area contributed by atoms with E-state index in [1.54, 1.807) is 0 Å². The molecule has 134 valence electrons. The largest absolute Gasteiger partial charge is 0.494 e. The van der Waals surface area contributed by atoms with Gasteiger partial charge < -0.3 is 25.0 Å². The van der Waals surface area contributed by atoms with Crippen LogP contribution >= 0.6 is 0 Å². The molecule has 1 fully saturated rings. The van der Waals surface area contributed by atoms with E-state index in [0.29, 0.717) is 32.0 Å². The number of carbonyl (C=O) groups excluding carboxylic acids is 1. The highest BCUT2D eigenvalue weighted by atomic mass is 16.5. The zero-order valence-corrected chi connectivity index (χ0v) is 14.2. The fraction of sp³-hybridized carbons (Fsp3) is 0.588. The van der Waals surface area contributed by atoms with Crippen LogP contribution < -0.4 is 10.1 Å². The maximum atomic E-state index is 11.6. The van der Waals surface area contributed by atoms with Gasteiger partial charge in [0.05, 0.1) is 25.4 Å². The summed E-state index contributed by atoms with van der Waals surface area (Å²) in [5.74, 6) is 0.460. The number of hydrogen-bond acceptors (Lipinski definition) is 6. The molecule has 2 atom stereocenters. The van der Waals surface area contributed by atoms with E-state index >= 15 is 0 Å². The van der Waals surface area contributed by atoms with Crippen molar-refractivity contribution in [2.24, 2.45) is 0 Å². The Bertz CT molecular complexity index is 552. The Balaban J connectivity index is 1.95. The van der Waals surface area contributed by atoms with E-state index in [1.807, 2.05) is 25.1 Å². The molecule has 24 heavy (non-hydrogen) atoms. The van der Waals surface area contributed by atoms with Gasteiger partial charge in [0, 0.05) is 32.3 Å². The van der Waals surface area contributed by atoms with Crippen LogP contribution in [0, 0.1) is 0 Å². The highest BCUT2D eigenvalue weighted by Gasteiger charge is 2.32. The molecule has 7 nitrogen and oxygen atoms in total. The first-order valence-electron chi connectivity index (χ1n) is 8.11. The first-order valence-corrected chi connectivity index (χ1v) is 8.11. The van der Waals surface area contributed by atoms with Gasteiger partial charge in [0.15, 0.2) is 0 Å². The van der Waals surface area contributed by atoms with E-state index in [1.165, 1.54) is 7.11 Å². The number of methoxy groups -OCH3 is 1. The molecule has 0 unspecified atom stereocenters. The summed E-state index contributed by atoms with van der Waals surface area (Å²) in [5.41, 5.74) is 1.78. The first-order chi connectivity index (χ1) is 11.6. The smallest absolute Gasteiger partial charge is 0.246 e. The van der Waals surface area contributed by atoms with Crippen LogP contribution in [-0.2, 0) is 22.7 Å². The van der Waals surface area contributed by atoms with Gasteiger partial charge >= 0.3 is 0 Å². The summed E-state index contributed by atoms with van der Waals surface area (Å²) in [6, 6.07) is 5.42. The van der Waals surface area contributed by atoms with Gasteiger partial charge in [-0.15, -0.1) is 0 Å². The van der Waals surface area contributed by atoms with Crippen molar-refractivity contribution in [1.29, 1.82) is 0 Å². The number of ether oxygens (including phenoxy) is 2. The van der Waals surface area contributed by atoms with Crippen LogP contribution in [0.5, 0.6) is 5.75 Å². The van der Waals surface area contributed by atoms with Crippen molar-refractivity contribution in [2.45, 2.75) is 32.2 Å². The predicted octanol–water partition coefficient (Wildman–Crippen LogP) is -0.115. The first kappa shape index (κ1) is 18.7. The number of rotatable bonds is 8. The second-order valence-corrected chi connectivity index (χ2v) is 5.90. The summed E-state index contributed by atoms with van der Waals surface area (Å²) >= 11 is 0. The highest BCUT2D eigenvalue weighted by Crippen LogP contribution is 2.22. The quantitative estimate of drug-likeness (QED) is 0.612. The minimum Gasteiger partial charge on any atom is -0.494 e. The van der Waals surface area contributed by atoms with E-state index in [4.69, 9.17) is 9.47 Å². The minimum atomic E-state index is -0.606. The molecule has 1 aliphatic heterocycles. The number of nitrogens with zero attached hydrogens (tertiary/aromatic N) is 1. The van der Waals surface area contributed by atoms with Gasteiger partial charge in [-0.2, -0.15) is 0 Å². The number of benzene rings is 1. The predicted molar refractivity (Wildman–Crippen MR) is 88.6 cm³/mol. The fourth-order valence-corrected chi connectivity index (χ4v) is 2.93. The summed E-state index contributed by atoms with van der Waals surface area (Å²) in [4.78, 5) is 13.7. The topological polar surface area (TPSA) is 91.3 Å². The van der Waals surface area contributed by atoms with Crippen LogP contribution in [0.1, 0.15) is 18.1 Å². The van der Waals surface area contributed by atoms with E-state index in [2.05, 4.69) is 10.2 Å². The van der Waals surface area contributed by atoms with E-state index in [-0.39, 0.29) is 25.2 Å². The molecule has 3 N–H and O–H groups in total. The van der Waals surface area contributed by atoms with Crippen molar-refractivity contribution in [2.75, 3.05) is 33.4 Å². The van der Waals surface area contributed by atoms with Gasteiger partial charge in [-0.25, -0.2) is 0 Å². The third kappa shape index (κ3) is 4.91. The van der Waals surface area contributed by atoms with Gasteiger partial charge in [-0.3, -0.25) is 9.69 Å². The second-order valence-electron chi connectivity index (χ2n) is 5.90. The zero-order chi connectivity index (χ0) is 17.5. The molecule has 0 spiro atoms. The lowest BCUT2D eigenvalue weighted by molar-refractivity contribution is -0.125. The number of hydrogen-bond donors (Lipinski definition) is 3. The summed E-state index contributed by atoms with van der Waals surface area (Å²) < 4.78 is 10.3. The third-order valence-corrected chi connectivity index (χ3v) is 3.99. The van der Waals surface area contributed by atoms with E-state index < -0.39 is 6.10 Å². The average Bonchev–Trinajstić information content (AvgIpc) is 2.88. The molecular formula is C17H26N2O5. The van der Waals surface area contributed by atoms with Gasteiger partial charge in [-0.05, 0) is 24.6 Å². The van der Waals surface area contributed by atoms with Crippen LogP contribution in [0.15, 0.2) is 18.2 Å². The minimum absolute atomic E-state index is 0.0119. The third-order valence-electron chi connectivity index (χ3n) is 3.99. The molecule has 1 saturated heterocycles. The molecule has 1 amide bonds. The number of amides is 1. The van der Waals surface area contributed by atoms with Crippen molar-refractivity contribution >= 4 is 5.91 Å². The number of β-amino-alcohol motifs (C(OH)–C–C–N with tert-alkyl or cyclic N) is 1. The Morgan fingerprint density at radius 2 is 2.21 bits per heavy atom. The molecule has 7 heteroatoms. The standard InChI is InChI=1S/C17H26N2O5/c1-3-24-16-5-4-12(6-13(16)10-20)7-19-8-14(15(21)9-19)18-17(22)11-23-2/h4-6,14-15,20-21H,3,7-11H2,1-2H3,(H,18,22)/t14-,15-/m1/s1. The van der Waals surface area contributed by atoms with Crippen LogP contribution in [0.2, 0.25) is 0 Å². The van der Waals surface area contributed by atoms with Gasteiger partial charge in [0.25, 0.3) is 0 Å². The van der Waals surface area contributed by atoms with Crippen LogP contribution in [0.4, 0.5) is 0 Å². The number of nitrogens with one attached hydrogen (secondary N) is 1. The lowest BCUT2D eigenvalue weighted by Gasteiger charge is -2.17. The SMILES string of the molecule is CCOc1ccc(CN2C[C@@H](O)[C@H](NC(=O)COC)C2)cc1CO. The van der Waals surface area contributed by atoms with Crippen molar-refractivity contribution in [3.8, 4) is 5.75 Å². The molecule has 0 radical (unpaired) electrons. The number of aliphatic hydroxyl groups excluding tert-OH is 2. The molecule has 0 aliphatic carbocycles. The van der Waals surface area contributed by atoms with E-state index in [9.17, 15) is 15.0 Å². The van der Waals surface area contributed by atoms with Crippen molar-refractivity contribution in [1.82, 2.24) is 10.2 Å². The highest BCUT2D eigenvalue weighted by molar-refractivity contribution is 5.77. The summed E-state index contributed by atoms with van der Waals surface area (Å²) in [5, 5.41) is 22.4. The van der Waals surface area contributed by atoms with Crippen LogP contribution in [0.25, 0.3) is 0 Å². The fourth-order valence-electron chi connectivity index (χ4n) is 2.93. The Kier molecular flexibility index (Phi) is 6.99. The zero-order valence-electron chi connectivity index (χ0n) is 14.2. The molecule has 1 aromatic carbocycles. The maximum absolute atomic E-state index is 11.6. The Hall–Kier alpha value is -1.67. The summed E-state index contributed by atoms with van der Waals surface area (Å²) in [7, 11) is 1.46. The van der Waals surface area contributed by atoms with Gasteiger partial charge in [0.2, 0.25) is 5.91 Å². The molecule has 1 heterocycles. The molecule has 0 aromatic heterocycles. The lowest BCUT2D eigenvalue weighted by Crippen LogP contribution is -2.44. The Morgan fingerprint density at radius 3 is 2.88 bits per heavy atom. The maximum Gasteiger partial charge on any atom is 0.246 e. The van der Waals surface area contributed by atoms with Crippen LogP contribution in [-0.4, -0.2) is 66.6 Å².